The van der Waals surface area contributed by atoms with Crippen molar-refractivity contribution in [2.45, 2.75) is 19.4 Å². The largest absolute Gasteiger partial charge is 0.488 e. The number of anilines is 3. The van der Waals surface area contributed by atoms with Crippen LogP contribution < -0.4 is 26.3 Å². The molecule has 11 nitrogen and oxygen atoms in total. The lowest BCUT2D eigenvalue weighted by Crippen LogP contribution is -2.29. The number of rotatable bonds is 12. The molecule has 0 saturated carbocycles. The van der Waals surface area contributed by atoms with Crippen LogP contribution in [-0.4, -0.2) is 49.2 Å². The minimum Gasteiger partial charge on any atom is -0.488 e. The maximum absolute atomic E-state index is 12.8. The molecular weight excluding hydrogens is 472 g/mol. The van der Waals surface area contributed by atoms with E-state index < -0.39 is 11.5 Å². The van der Waals surface area contributed by atoms with Gasteiger partial charge in [-0.1, -0.05) is 41.7 Å². The van der Waals surface area contributed by atoms with Gasteiger partial charge in [0.15, 0.2) is 5.76 Å². The molecule has 2 heterocycles. The predicted octanol–water partition coefficient (Wildman–Crippen LogP) is 3.39. The lowest BCUT2D eigenvalue weighted by atomic mass is 10.1. The molecule has 3 rings (SSSR count). The first-order valence-electron chi connectivity index (χ1n) is 10.5. The van der Waals surface area contributed by atoms with Crippen LogP contribution in [0.25, 0.3) is 0 Å². The fourth-order valence-corrected chi connectivity index (χ4v) is 3.89. The molecule has 1 atom stereocenters. The molecule has 0 aliphatic heterocycles. The normalized spacial score (nSPS) is 12.0. The van der Waals surface area contributed by atoms with Crippen molar-refractivity contribution in [3.8, 4) is 5.75 Å². The highest BCUT2D eigenvalue weighted by atomic mass is 32.1. The van der Waals surface area contributed by atoms with Crippen molar-refractivity contribution in [1.29, 1.82) is 5.41 Å². The summed E-state index contributed by atoms with van der Waals surface area (Å²) in [5.74, 6) is -0.945. The van der Waals surface area contributed by atoms with Gasteiger partial charge in [0.05, 0.1) is 25.4 Å². The van der Waals surface area contributed by atoms with Crippen LogP contribution in [0, 0.1) is 5.41 Å². The van der Waals surface area contributed by atoms with E-state index in [0.717, 1.165) is 23.1 Å². The van der Waals surface area contributed by atoms with Crippen molar-refractivity contribution < 1.29 is 18.7 Å². The molecule has 0 fully saturated rings. The molecule has 1 aromatic carbocycles. The third-order valence-electron chi connectivity index (χ3n) is 4.67. The number of carbonyl (C=O) groups excluding carboxylic acids is 1. The average molecular weight is 499 g/mol. The molecule has 0 radical (unpaired) electrons. The van der Waals surface area contributed by atoms with Crippen molar-refractivity contribution in [2.24, 2.45) is 0 Å². The molecule has 1 unspecified atom stereocenters. The summed E-state index contributed by atoms with van der Waals surface area (Å²) in [6.45, 7) is 2.12. The van der Waals surface area contributed by atoms with Crippen molar-refractivity contribution in [3.05, 3.63) is 69.9 Å². The summed E-state index contributed by atoms with van der Waals surface area (Å²) in [5.41, 5.74) is 1.27. The first kappa shape index (κ1) is 25.6. The molecule has 4 N–H and O–H groups in total. The topological polar surface area (TPSA) is 151 Å². The number of aromatic nitrogens is 2. The van der Waals surface area contributed by atoms with E-state index in [4.69, 9.17) is 19.3 Å². The molecule has 0 saturated heterocycles. The highest BCUT2D eigenvalue weighted by Crippen LogP contribution is 2.25. The van der Waals surface area contributed by atoms with E-state index in [9.17, 15) is 9.59 Å². The monoisotopic (exact) mass is 498 g/mol. The van der Waals surface area contributed by atoms with E-state index in [0.29, 0.717) is 29.5 Å². The summed E-state index contributed by atoms with van der Waals surface area (Å²) >= 11 is 1.09. The Hall–Kier alpha value is -4.03. The third kappa shape index (κ3) is 7.22. The number of hydrogen-bond donors (Lipinski definition) is 4. The minimum atomic E-state index is -0.800. The summed E-state index contributed by atoms with van der Waals surface area (Å²) in [4.78, 5) is 25.3. The fraction of sp³-hybridized carbons (Fsp3) is 0.261. The van der Waals surface area contributed by atoms with Crippen LogP contribution in [-0.2, 0) is 11.2 Å². The lowest BCUT2D eigenvalue weighted by Gasteiger charge is -2.20. The Kier molecular flexibility index (Phi) is 9.09. The number of hydrogen-bond acceptors (Lipinski definition) is 11. The first-order chi connectivity index (χ1) is 16.9. The van der Waals surface area contributed by atoms with Gasteiger partial charge in [0.1, 0.15) is 0 Å². The van der Waals surface area contributed by atoms with Gasteiger partial charge in [-0.25, -0.2) is 4.79 Å². The van der Waals surface area contributed by atoms with Gasteiger partial charge in [-0.2, -0.15) is 0 Å². The Bertz CT molecular complexity index is 1240. The van der Waals surface area contributed by atoms with Crippen LogP contribution in [0.4, 0.5) is 16.0 Å². The molecule has 2 aromatic heterocycles. The van der Waals surface area contributed by atoms with Gasteiger partial charge in [0.25, 0.3) is 5.91 Å². The number of nitrogens with one attached hydrogen (secondary N) is 4. The van der Waals surface area contributed by atoms with E-state index in [2.05, 4.69) is 26.1 Å². The molecule has 184 valence electrons. The number of nitrogens with zero attached hydrogens (tertiary/aromatic N) is 2. The lowest BCUT2D eigenvalue weighted by molar-refractivity contribution is 0.0991. The minimum absolute atomic E-state index is 0.0495. The SMILES string of the molecule is COCC(Cc1ccccc1)Nc1cc(C(=O)Nc2nnc(N/C(C)=C\C=N)s2)oc(=O)c1OC. The number of allylic oxidation sites excluding steroid dienone is 2. The van der Waals surface area contributed by atoms with Gasteiger partial charge in [-0.3, -0.25) is 10.1 Å². The number of amides is 1. The summed E-state index contributed by atoms with van der Waals surface area (Å²) in [6, 6.07) is 11.0. The van der Waals surface area contributed by atoms with E-state index in [-0.39, 0.29) is 22.7 Å². The molecule has 12 heteroatoms. The highest BCUT2D eigenvalue weighted by Gasteiger charge is 2.21. The zero-order valence-electron chi connectivity index (χ0n) is 19.5. The summed E-state index contributed by atoms with van der Waals surface area (Å²) in [6.07, 6.45) is 3.31. The smallest absolute Gasteiger partial charge is 0.381 e. The summed E-state index contributed by atoms with van der Waals surface area (Å²) in [7, 11) is 2.94. The number of carbonyl (C=O) groups is 1. The molecule has 0 aliphatic carbocycles. The van der Waals surface area contributed by atoms with Gasteiger partial charge in [0, 0.05) is 25.1 Å². The van der Waals surface area contributed by atoms with Gasteiger partial charge in [0.2, 0.25) is 16.0 Å². The van der Waals surface area contributed by atoms with Gasteiger partial charge in [-0.05, 0) is 25.0 Å². The Labute approximate surface area is 205 Å². The van der Waals surface area contributed by atoms with Crippen LogP contribution in [0.1, 0.15) is 23.0 Å². The Balaban J connectivity index is 1.80. The molecular formula is C23H26N6O5S. The second kappa shape index (κ2) is 12.4. The van der Waals surface area contributed by atoms with E-state index in [1.165, 1.54) is 13.2 Å². The van der Waals surface area contributed by atoms with Crippen LogP contribution >= 0.6 is 11.3 Å². The quantitative estimate of drug-likeness (QED) is 0.275. The van der Waals surface area contributed by atoms with E-state index >= 15 is 0 Å². The molecule has 0 spiro atoms. The second-order valence-corrected chi connectivity index (χ2v) is 8.32. The van der Waals surface area contributed by atoms with Crippen molar-refractivity contribution in [2.75, 3.05) is 36.8 Å². The van der Waals surface area contributed by atoms with Gasteiger partial charge >= 0.3 is 5.63 Å². The molecule has 1 amide bonds. The van der Waals surface area contributed by atoms with Gasteiger partial charge in [-0.15, -0.1) is 10.2 Å². The highest BCUT2D eigenvalue weighted by molar-refractivity contribution is 7.19. The standard InChI is InChI=1S/C23H26N6O5S/c1-14(9-10-24)25-22-28-29-23(35-22)27-20(30)18-12-17(19(33-3)21(31)34-18)26-16(13-32-2)11-15-7-5-4-6-8-15/h4-10,12,16,24,26H,11,13H2,1-3H3,(H,25,28)(H,27,29,30)/b14-9-,24-10?. The molecule has 0 aliphatic rings. The van der Waals surface area contributed by atoms with Crippen molar-refractivity contribution >= 4 is 39.4 Å². The number of benzene rings is 1. The van der Waals surface area contributed by atoms with E-state index in [1.54, 1.807) is 20.1 Å². The number of ether oxygens (including phenoxy) is 2. The average Bonchev–Trinajstić information content (AvgIpc) is 3.26. The van der Waals surface area contributed by atoms with E-state index in [1.807, 2.05) is 30.3 Å². The predicted molar refractivity (Wildman–Crippen MR) is 135 cm³/mol. The van der Waals surface area contributed by atoms with Crippen LogP contribution in [0.15, 0.2) is 57.4 Å². The summed E-state index contributed by atoms with van der Waals surface area (Å²) in [5, 5.41) is 24.3. The van der Waals surface area contributed by atoms with Crippen LogP contribution in [0.3, 0.4) is 0 Å². The van der Waals surface area contributed by atoms with Crippen molar-refractivity contribution in [1.82, 2.24) is 10.2 Å². The maximum Gasteiger partial charge on any atom is 0.381 e. The Morgan fingerprint density at radius 2 is 1.91 bits per heavy atom. The first-order valence-corrected chi connectivity index (χ1v) is 11.4. The Morgan fingerprint density at radius 3 is 2.57 bits per heavy atom. The molecule has 3 aromatic rings. The molecule has 0 bridgehead atoms. The molecule has 35 heavy (non-hydrogen) atoms. The van der Waals surface area contributed by atoms with Crippen LogP contribution in [0.2, 0.25) is 0 Å². The fourth-order valence-electron chi connectivity index (χ4n) is 3.18. The number of methoxy groups -OCH3 is 2. The van der Waals surface area contributed by atoms with Crippen molar-refractivity contribution in [3.63, 3.8) is 0 Å². The zero-order chi connectivity index (χ0) is 25.2. The maximum atomic E-state index is 12.8. The third-order valence-corrected chi connectivity index (χ3v) is 5.43. The Morgan fingerprint density at radius 1 is 1.20 bits per heavy atom. The summed E-state index contributed by atoms with van der Waals surface area (Å²) < 4.78 is 15.7. The van der Waals surface area contributed by atoms with Crippen LogP contribution in [0.5, 0.6) is 5.75 Å². The second-order valence-electron chi connectivity index (χ2n) is 7.34. The zero-order valence-corrected chi connectivity index (χ0v) is 20.3. The van der Waals surface area contributed by atoms with Gasteiger partial charge < -0.3 is 29.9 Å².